The smallest absolute Gasteiger partial charge is 0.243 e. The fourth-order valence-electron chi connectivity index (χ4n) is 1.68. The lowest BCUT2D eigenvalue weighted by Crippen LogP contribution is -2.36. The van der Waals surface area contributed by atoms with Crippen molar-refractivity contribution in [2.24, 2.45) is 0 Å². The van der Waals surface area contributed by atoms with Crippen LogP contribution in [0.4, 0.5) is 0 Å². The molecular formula is C12H16ClNO4S. The van der Waals surface area contributed by atoms with Gasteiger partial charge in [0.05, 0.1) is 4.90 Å². The summed E-state index contributed by atoms with van der Waals surface area (Å²) in [6.07, 6.45) is 0. The van der Waals surface area contributed by atoms with E-state index in [9.17, 15) is 8.42 Å². The number of nitrogens with zero attached hydrogens (tertiary/aromatic N) is 1. The molecule has 1 atom stereocenters. The van der Waals surface area contributed by atoms with E-state index in [0.29, 0.717) is 24.7 Å². The Balaban J connectivity index is 2.36. The highest BCUT2D eigenvalue weighted by Gasteiger charge is 2.26. The van der Waals surface area contributed by atoms with E-state index in [1.165, 1.54) is 23.5 Å². The number of hydrogen-bond donors (Lipinski definition) is 0. The number of hydrogen-bond acceptors (Lipinski definition) is 4. The molecule has 0 radical (unpaired) electrons. The van der Waals surface area contributed by atoms with Gasteiger partial charge in [0.2, 0.25) is 10.0 Å². The summed E-state index contributed by atoms with van der Waals surface area (Å²) < 4.78 is 36.8. The average Bonchev–Trinajstić information content (AvgIpc) is 2.45. The summed E-state index contributed by atoms with van der Waals surface area (Å²) in [5.41, 5.74) is 0. The maximum atomic E-state index is 12.4. The van der Waals surface area contributed by atoms with Gasteiger partial charge in [-0.2, -0.15) is 4.31 Å². The maximum Gasteiger partial charge on any atom is 0.243 e. The zero-order valence-corrected chi connectivity index (χ0v) is 12.4. The van der Waals surface area contributed by atoms with Crippen LogP contribution < -0.4 is 9.47 Å². The summed E-state index contributed by atoms with van der Waals surface area (Å²) in [7, 11) is -2.06. The van der Waals surface area contributed by atoms with Gasteiger partial charge in [0, 0.05) is 25.0 Å². The predicted molar refractivity (Wildman–Crippen MR) is 72.6 cm³/mol. The van der Waals surface area contributed by atoms with Crippen molar-refractivity contribution in [3.05, 3.63) is 18.2 Å². The van der Waals surface area contributed by atoms with Crippen LogP contribution >= 0.6 is 11.6 Å². The molecule has 1 aromatic rings. The van der Waals surface area contributed by atoms with E-state index >= 15 is 0 Å². The molecule has 0 aromatic heterocycles. The molecule has 0 aliphatic carbocycles. The highest BCUT2D eigenvalue weighted by Crippen LogP contribution is 2.33. The minimum Gasteiger partial charge on any atom is -0.486 e. The Morgan fingerprint density at radius 1 is 1.32 bits per heavy atom. The summed E-state index contributed by atoms with van der Waals surface area (Å²) in [6.45, 7) is 2.65. The zero-order chi connectivity index (χ0) is 14.0. The molecule has 7 heteroatoms. The topological polar surface area (TPSA) is 55.8 Å². The van der Waals surface area contributed by atoms with E-state index in [2.05, 4.69) is 0 Å². The second-order valence-electron chi connectivity index (χ2n) is 4.33. The van der Waals surface area contributed by atoms with Crippen LogP contribution in [0.3, 0.4) is 0 Å². The van der Waals surface area contributed by atoms with E-state index in [0.717, 1.165) is 0 Å². The third-order valence-electron chi connectivity index (χ3n) is 3.03. The first-order chi connectivity index (χ1) is 8.96. The summed E-state index contributed by atoms with van der Waals surface area (Å²) in [6, 6.07) is 4.34. The minimum absolute atomic E-state index is 0.177. The number of halogens is 1. The molecule has 0 amide bonds. The molecule has 0 N–H and O–H groups in total. The molecule has 0 saturated heterocycles. The molecule has 1 heterocycles. The number of alkyl halides is 1. The molecule has 5 nitrogen and oxygen atoms in total. The van der Waals surface area contributed by atoms with E-state index in [1.807, 2.05) is 0 Å². The van der Waals surface area contributed by atoms with Crippen molar-refractivity contribution >= 4 is 21.6 Å². The molecule has 1 aliphatic heterocycles. The zero-order valence-electron chi connectivity index (χ0n) is 10.8. The van der Waals surface area contributed by atoms with Crippen molar-refractivity contribution in [2.45, 2.75) is 17.9 Å². The Morgan fingerprint density at radius 3 is 2.58 bits per heavy atom. The van der Waals surface area contributed by atoms with Crippen LogP contribution in [0.2, 0.25) is 0 Å². The van der Waals surface area contributed by atoms with Crippen LogP contribution in [0.5, 0.6) is 11.5 Å². The molecule has 0 spiro atoms. The standard InChI is InChI=1S/C12H16ClNO4S/c1-9(8-13)14(2)19(15,16)10-3-4-11-12(7-10)18-6-5-17-11/h3-4,7,9H,5-6,8H2,1-2H3. The second-order valence-corrected chi connectivity index (χ2v) is 6.64. The summed E-state index contributed by atoms with van der Waals surface area (Å²) >= 11 is 5.70. The fraction of sp³-hybridized carbons (Fsp3) is 0.500. The van der Waals surface area contributed by atoms with Gasteiger partial charge in [-0.3, -0.25) is 0 Å². The number of sulfonamides is 1. The van der Waals surface area contributed by atoms with Crippen molar-refractivity contribution in [3.63, 3.8) is 0 Å². The molecular weight excluding hydrogens is 290 g/mol. The van der Waals surface area contributed by atoms with Crippen LogP contribution in [0.25, 0.3) is 0 Å². The largest absolute Gasteiger partial charge is 0.486 e. The second kappa shape index (κ2) is 5.56. The Bertz CT molecular complexity index is 561. The van der Waals surface area contributed by atoms with Crippen molar-refractivity contribution in [2.75, 3.05) is 26.1 Å². The summed E-state index contributed by atoms with van der Waals surface area (Å²) in [5, 5.41) is 0. The molecule has 1 unspecified atom stereocenters. The van der Waals surface area contributed by atoms with Gasteiger partial charge in [0.15, 0.2) is 11.5 Å². The third kappa shape index (κ3) is 2.80. The number of ether oxygens (including phenoxy) is 2. The molecule has 0 bridgehead atoms. The van der Waals surface area contributed by atoms with Gasteiger partial charge in [0.25, 0.3) is 0 Å². The number of rotatable bonds is 4. The molecule has 19 heavy (non-hydrogen) atoms. The molecule has 0 saturated carbocycles. The summed E-state index contributed by atoms with van der Waals surface area (Å²) in [5.74, 6) is 1.26. The first-order valence-electron chi connectivity index (χ1n) is 5.90. The Hall–Kier alpha value is -0.980. The van der Waals surface area contributed by atoms with E-state index in [-0.39, 0.29) is 16.8 Å². The van der Waals surface area contributed by atoms with Gasteiger partial charge < -0.3 is 9.47 Å². The van der Waals surface area contributed by atoms with Gasteiger partial charge in [-0.25, -0.2) is 8.42 Å². The van der Waals surface area contributed by atoms with Gasteiger partial charge in [-0.15, -0.1) is 11.6 Å². The molecule has 0 fully saturated rings. The first-order valence-corrected chi connectivity index (χ1v) is 7.88. The van der Waals surface area contributed by atoms with Crippen molar-refractivity contribution in [1.82, 2.24) is 4.31 Å². The predicted octanol–water partition coefficient (Wildman–Crippen LogP) is 1.71. The van der Waals surface area contributed by atoms with E-state index < -0.39 is 10.0 Å². The Labute approximate surface area is 118 Å². The highest BCUT2D eigenvalue weighted by atomic mass is 35.5. The van der Waals surface area contributed by atoms with Gasteiger partial charge in [-0.1, -0.05) is 0 Å². The lowest BCUT2D eigenvalue weighted by Gasteiger charge is -2.24. The van der Waals surface area contributed by atoms with Gasteiger partial charge in [-0.05, 0) is 19.1 Å². The average molecular weight is 306 g/mol. The van der Waals surface area contributed by atoms with Crippen LogP contribution in [0.1, 0.15) is 6.92 Å². The van der Waals surface area contributed by atoms with Crippen molar-refractivity contribution in [3.8, 4) is 11.5 Å². The normalized spacial score (nSPS) is 16.4. The molecule has 106 valence electrons. The molecule has 1 aliphatic rings. The summed E-state index contributed by atoms with van der Waals surface area (Å²) in [4.78, 5) is 0.177. The fourth-order valence-corrected chi connectivity index (χ4v) is 3.35. The quantitative estimate of drug-likeness (QED) is 0.795. The van der Waals surface area contributed by atoms with Crippen LogP contribution in [0, 0.1) is 0 Å². The van der Waals surface area contributed by atoms with Gasteiger partial charge >= 0.3 is 0 Å². The van der Waals surface area contributed by atoms with Crippen LogP contribution in [-0.4, -0.2) is 44.9 Å². The van der Waals surface area contributed by atoms with Gasteiger partial charge in [0.1, 0.15) is 13.2 Å². The Kier molecular flexibility index (Phi) is 4.23. The monoisotopic (exact) mass is 305 g/mol. The maximum absolute atomic E-state index is 12.4. The first kappa shape index (κ1) is 14.4. The van der Waals surface area contributed by atoms with Crippen molar-refractivity contribution < 1.29 is 17.9 Å². The molecule has 1 aromatic carbocycles. The van der Waals surface area contributed by atoms with Crippen LogP contribution in [0.15, 0.2) is 23.1 Å². The Morgan fingerprint density at radius 2 is 1.95 bits per heavy atom. The minimum atomic E-state index is -3.57. The molecule has 2 rings (SSSR count). The van der Waals surface area contributed by atoms with Crippen LogP contribution in [-0.2, 0) is 10.0 Å². The van der Waals surface area contributed by atoms with E-state index in [1.54, 1.807) is 13.0 Å². The SMILES string of the molecule is CC(CCl)N(C)S(=O)(=O)c1ccc2c(c1)OCCO2. The number of benzene rings is 1. The highest BCUT2D eigenvalue weighted by molar-refractivity contribution is 7.89. The number of fused-ring (bicyclic) bond motifs is 1. The lowest BCUT2D eigenvalue weighted by molar-refractivity contribution is 0.171. The third-order valence-corrected chi connectivity index (χ3v) is 5.45. The van der Waals surface area contributed by atoms with E-state index in [4.69, 9.17) is 21.1 Å². The lowest BCUT2D eigenvalue weighted by atomic mass is 10.3. The van der Waals surface area contributed by atoms with Crippen molar-refractivity contribution in [1.29, 1.82) is 0 Å².